The Hall–Kier alpha value is -2.91. The van der Waals surface area contributed by atoms with E-state index in [4.69, 9.17) is 10.5 Å². The van der Waals surface area contributed by atoms with Crippen LogP contribution in [-0.2, 0) is 4.79 Å². The number of rotatable bonds is 1. The van der Waals surface area contributed by atoms with E-state index in [-0.39, 0.29) is 11.9 Å². The van der Waals surface area contributed by atoms with E-state index in [1.165, 1.54) is 0 Å². The lowest BCUT2D eigenvalue weighted by Gasteiger charge is -2.03. The highest BCUT2D eigenvalue weighted by Gasteiger charge is 2.18. The zero-order valence-corrected chi connectivity index (χ0v) is 9.81. The molecule has 0 atom stereocenters. The average Bonchev–Trinajstić information content (AvgIpc) is 2.55. The number of carbonyl (C=O) groups is 2. The second-order valence-electron chi connectivity index (χ2n) is 3.56. The monoisotopic (exact) mass is 269 g/mol. The molecule has 0 aliphatic carbocycles. The Morgan fingerprint density at radius 3 is 2.32 bits per heavy atom. The van der Waals surface area contributed by atoms with Crippen molar-refractivity contribution in [2.75, 3.05) is 13.6 Å². The number of guanidine groups is 1. The first-order valence-corrected chi connectivity index (χ1v) is 4.96. The van der Waals surface area contributed by atoms with Gasteiger partial charge in [0.2, 0.25) is 5.91 Å². The fourth-order valence-corrected chi connectivity index (χ4v) is 1.15. The smallest absolute Gasteiger partial charge is 0.352 e. The van der Waals surface area contributed by atoms with Crippen molar-refractivity contribution in [1.29, 1.82) is 5.41 Å². The molecule has 102 valence electrons. The number of hydrogen-bond donors (Lipinski definition) is 5. The van der Waals surface area contributed by atoms with Gasteiger partial charge in [-0.3, -0.25) is 25.3 Å². The third-order valence-corrected chi connectivity index (χ3v) is 2.01. The van der Waals surface area contributed by atoms with E-state index in [0.29, 0.717) is 6.54 Å². The summed E-state index contributed by atoms with van der Waals surface area (Å²) in [7, 11) is 1.69. The molecule has 0 spiro atoms. The van der Waals surface area contributed by atoms with Crippen LogP contribution in [0.4, 0.5) is 0 Å². The number of carboxylic acid groups (broad SMARTS) is 1. The van der Waals surface area contributed by atoms with Gasteiger partial charge in [-0.05, 0) is 0 Å². The van der Waals surface area contributed by atoms with Crippen molar-refractivity contribution in [2.24, 2.45) is 0 Å². The van der Waals surface area contributed by atoms with Gasteiger partial charge in [0.05, 0.1) is 6.54 Å². The van der Waals surface area contributed by atoms with E-state index in [0.717, 1.165) is 6.07 Å². The molecule has 0 bridgehead atoms. The second kappa shape index (κ2) is 5.62. The van der Waals surface area contributed by atoms with Crippen molar-refractivity contribution in [1.82, 2.24) is 20.2 Å². The average molecular weight is 269 g/mol. The van der Waals surface area contributed by atoms with Gasteiger partial charge in [0.1, 0.15) is 5.69 Å². The highest BCUT2D eigenvalue weighted by atomic mass is 16.4. The highest BCUT2D eigenvalue weighted by Crippen LogP contribution is 1.89. The number of aromatic carboxylic acids is 1. The Bertz CT molecular complexity index is 602. The molecule has 19 heavy (non-hydrogen) atoms. The van der Waals surface area contributed by atoms with E-state index in [9.17, 15) is 19.2 Å². The van der Waals surface area contributed by atoms with Gasteiger partial charge < -0.3 is 15.0 Å². The number of carboxylic acids is 1. The van der Waals surface area contributed by atoms with E-state index in [1.807, 2.05) is 9.97 Å². The molecule has 0 radical (unpaired) electrons. The molecule has 1 aromatic heterocycles. The molecular weight excluding hydrogens is 258 g/mol. The lowest BCUT2D eigenvalue weighted by Crippen LogP contribution is -2.25. The first kappa shape index (κ1) is 14.2. The third-order valence-electron chi connectivity index (χ3n) is 2.01. The number of hydrogen-bond acceptors (Lipinski definition) is 5. The van der Waals surface area contributed by atoms with Gasteiger partial charge in [-0.15, -0.1) is 0 Å². The molecule has 2 rings (SSSR count). The summed E-state index contributed by atoms with van der Waals surface area (Å²) in [5.74, 6) is -1.25. The van der Waals surface area contributed by atoms with Crippen molar-refractivity contribution in [3.63, 3.8) is 0 Å². The fourth-order valence-electron chi connectivity index (χ4n) is 1.15. The van der Waals surface area contributed by atoms with Gasteiger partial charge >= 0.3 is 11.7 Å². The number of nitrogens with zero attached hydrogens (tertiary/aromatic N) is 1. The molecule has 2 heterocycles. The van der Waals surface area contributed by atoms with Gasteiger partial charge in [-0.2, -0.15) is 0 Å². The van der Waals surface area contributed by atoms with Gasteiger partial charge in [-0.1, -0.05) is 0 Å². The van der Waals surface area contributed by atoms with Crippen LogP contribution >= 0.6 is 0 Å². The summed E-state index contributed by atoms with van der Waals surface area (Å²) >= 11 is 0. The maximum atomic E-state index is 10.5. The van der Waals surface area contributed by atoms with Gasteiger partial charge in [0.15, 0.2) is 5.96 Å². The summed E-state index contributed by atoms with van der Waals surface area (Å²) in [6, 6.07) is 0.795. The summed E-state index contributed by atoms with van der Waals surface area (Å²) in [5.41, 5.74) is -1.97. The van der Waals surface area contributed by atoms with Gasteiger partial charge in [0.25, 0.3) is 5.56 Å². The summed E-state index contributed by atoms with van der Waals surface area (Å²) in [5, 5.41) is 17.6. The van der Waals surface area contributed by atoms with Gasteiger partial charge in [-0.25, -0.2) is 9.59 Å². The normalized spacial score (nSPS) is 13.6. The minimum Gasteiger partial charge on any atom is -0.477 e. The van der Waals surface area contributed by atoms with Crippen LogP contribution in [0.1, 0.15) is 10.5 Å². The van der Waals surface area contributed by atoms with Crippen molar-refractivity contribution < 1.29 is 14.7 Å². The van der Waals surface area contributed by atoms with Crippen LogP contribution in [0.15, 0.2) is 15.7 Å². The molecular formula is C9H11N5O5. The van der Waals surface area contributed by atoms with Crippen LogP contribution in [0.5, 0.6) is 0 Å². The molecule has 10 nitrogen and oxygen atoms in total. The Labute approximate surface area is 105 Å². The maximum absolute atomic E-state index is 10.5. The Morgan fingerprint density at radius 2 is 2.00 bits per heavy atom. The maximum Gasteiger partial charge on any atom is 0.352 e. The molecule has 1 amide bonds. The topological polar surface area (TPSA) is 159 Å². The number of carbonyl (C=O) groups excluding carboxylic acids is 1. The Kier molecular flexibility index (Phi) is 4.19. The molecule has 0 aromatic carbocycles. The molecule has 10 heteroatoms. The number of nitrogens with one attached hydrogen (secondary N) is 4. The summed E-state index contributed by atoms with van der Waals surface area (Å²) in [6.45, 7) is 0.318. The van der Waals surface area contributed by atoms with E-state index < -0.39 is 22.9 Å². The van der Waals surface area contributed by atoms with E-state index in [2.05, 4.69) is 5.32 Å². The largest absolute Gasteiger partial charge is 0.477 e. The van der Waals surface area contributed by atoms with Gasteiger partial charge in [0, 0.05) is 13.1 Å². The lowest BCUT2D eigenvalue weighted by molar-refractivity contribution is -0.118. The molecule has 1 aliphatic rings. The predicted octanol–water partition coefficient (Wildman–Crippen LogP) is -2.26. The van der Waals surface area contributed by atoms with Crippen LogP contribution in [0.3, 0.4) is 0 Å². The summed E-state index contributed by atoms with van der Waals surface area (Å²) in [4.78, 5) is 46.8. The standard InChI is InChI=1S/C5H4N2O4.C4H7N3O/c8-3-1-2(4(9)10)6-5(11)7-3;1-7-2-3(8)6-4(7)5/h1H,(H,9,10)(H2,6,7,8,11);2H2,1H3,(H2,5,6,8). The van der Waals surface area contributed by atoms with Crippen LogP contribution in [0.2, 0.25) is 0 Å². The Balaban J connectivity index is 0.000000200. The van der Waals surface area contributed by atoms with Crippen molar-refractivity contribution >= 4 is 17.8 Å². The molecule has 5 N–H and O–H groups in total. The van der Waals surface area contributed by atoms with Crippen LogP contribution < -0.4 is 16.6 Å². The quantitative estimate of drug-likeness (QED) is 0.387. The minimum atomic E-state index is -1.34. The predicted molar refractivity (Wildman–Crippen MR) is 63.1 cm³/mol. The van der Waals surface area contributed by atoms with E-state index in [1.54, 1.807) is 11.9 Å². The lowest BCUT2D eigenvalue weighted by atomic mass is 10.4. The first-order chi connectivity index (χ1) is 8.79. The zero-order chi connectivity index (χ0) is 14.6. The molecule has 1 aliphatic heterocycles. The van der Waals surface area contributed by atoms with Crippen molar-refractivity contribution in [2.45, 2.75) is 0 Å². The molecule has 0 unspecified atom stereocenters. The van der Waals surface area contributed by atoms with Crippen LogP contribution in [0, 0.1) is 5.41 Å². The molecule has 0 saturated carbocycles. The van der Waals surface area contributed by atoms with E-state index >= 15 is 0 Å². The molecule has 1 aromatic rings. The zero-order valence-electron chi connectivity index (χ0n) is 9.81. The number of aromatic amines is 2. The number of H-pyrrole nitrogens is 2. The van der Waals surface area contributed by atoms with Crippen LogP contribution in [0.25, 0.3) is 0 Å². The fraction of sp³-hybridized carbons (Fsp3) is 0.222. The van der Waals surface area contributed by atoms with Crippen molar-refractivity contribution in [3.8, 4) is 0 Å². The van der Waals surface area contributed by atoms with Crippen LogP contribution in [-0.4, -0.2) is 51.4 Å². The summed E-state index contributed by atoms with van der Waals surface area (Å²) in [6.07, 6.45) is 0. The first-order valence-electron chi connectivity index (χ1n) is 4.96. The number of likely N-dealkylation sites (N-methyl/N-ethyl adjacent to an activating group) is 1. The number of aromatic nitrogens is 2. The SMILES string of the molecule is CN1CC(=O)NC1=N.O=C(O)c1cc(=O)[nH]c(=O)[nH]1. The highest BCUT2D eigenvalue weighted by molar-refractivity contribution is 6.02. The Morgan fingerprint density at radius 1 is 1.37 bits per heavy atom. The second-order valence-corrected chi connectivity index (χ2v) is 3.56. The molecule has 1 saturated heterocycles. The number of amides is 1. The summed E-state index contributed by atoms with van der Waals surface area (Å²) < 4.78 is 0. The minimum absolute atomic E-state index is 0.0995. The van der Waals surface area contributed by atoms with Crippen molar-refractivity contribution in [3.05, 3.63) is 32.6 Å². The molecule has 1 fully saturated rings. The third kappa shape index (κ3) is 4.11.